The van der Waals surface area contributed by atoms with Crippen molar-refractivity contribution >= 4 is 17.5 Å². The van der Waals surface area contributed by atoms with Gasteiger partial charge in [-0.25, -0.2) is 0 Å². The first-order valence-electron chi connectivity index (χ1n) is 6.94. The Labute approximate surface area is 130 Å². The van der Waals surface area contributed by atoms with E-state index in [0.717, 1.165) is 11.1 Å². The number of nitrogens with one attached hydrogen (secondary N) is 2. The van der Waals surface area contributed by atoms with Gasteiger partial charge in [-0.05, 0) is 30.2 Å². The second-order valence-corrected chi connectivity index (χ2v) is 5.36. The van der Waals surface area contributed by atoms with Gasteiger partial charge in [-0.15, -0.1) is 0 Å². The highest BCUT2D eigenvalue weighted by molar-refractivity contribution is 6.30. The van der Waals surface area contributed by atoms with E-state index in [2.05, 4.69) is 10.6 Å². The third-order valence-corrected chi connectivity index (χ3v) is 3.49. The van der Waals surface area contributed by atoms with E-state index in [-0.39, 0.29) is 18.5 Å². The molecule has 0 bridgehead atoms. The Balaban J connectivity index is 1.76. The van der Waals surface area contributed by atoms with Gasteiger partial charge in [-0.3, -0.25) is 4.79 Å². The minimum Gasteiger partial charge on any atom is -0.351 e. The fourth-order valence-electron chi connectivity index (χ4n) is 2.00. The van der Waals surface area contributed by atoms with E-state index in [4.69, 9.17) is 11.6 Å². The second-order valence-electron chi connectivity index (χ2n) is 4.92. The van der Waals surface area contributed by atoms with Gasteiger partial charge in [0.15, 0.2) is 0 Å². The average molecular weight is 303 g/mol. The van der Waals surface area contributed by atoms with Gasteiger partial charge in [-0.2, -0.15) is 0 Å². The Morgan fingerprint density at radius 1 is 1.14 bits per heavy atom. The molecule has 0 spiro atoms. The smallest absolute Gasteiger partial charge is 0.234 e. The number of carbonyl (C=O) groups is 1. The number of hydrogen-bond acceptors (Lipinski definition) is 2. The maximum atomic E-state index is 11.8. The summed E-state index contributed by atoms with van der Waals surface area (Å²) in [7, 11) is 0. The molecule has 1 unspecified atom stereocenters. The topological polar surface area (TPSA) is 41.1 Å². The number of hydrogen-bond donors (Lipinski definition) is 2. The monoisotopic (exact) mass is 302 g/mol. The fourth-order valence-corrected chi connectivity index (χ4v) is 2.20. The van der Waals surface area contributed by atoms with Crippen LogP contribution in [0.25, 0.3) is 0 Å². The summed E-state index contributed by atoms with van der Waals surface area (Å²) in [5.41, 5.74) is 2.16. The third-order valence-electron chi connectivity index (χ3n) is 3.25. The first kappa shape index (κ1) is 15.5. The number of carbonyl (C=O) groups excluding carboxylic acids is 1. The van der Waals surface area contributed by atoms with Gasteiger partial charge in [0.05, 0.1) is 6.54 Å². The van der Waals surface area contributed by atoms with Crippen molar-refractivity contribution in [2.24, 2.45) is 0 Å². The molecule has 4 heteroatoms. The Morgan fingerprint density at radius 3 is 2.62 bits per heavy atom. The summed E-state index contributed by atoms with van der Waals surface area (Å²) >= 11 is 5.96. The van der Waals surface area contributed by atoms with Crippen LogP contribution in [0.1, 0.15) is 24.1 Å². The van der Waals surface area contributed by atoms with Gasteiger partial charge in [0.2, 0.25) is 5.91 Å². The summed E-state index contributed by atoms with van der Waals surface area (Å²) in [4.78, 5) is 11.8. The van der Waals surface area contributed by atoms with Gasteiger partial charge in [0, 0.05) is 17.6 Å². The average Bonchev–Trinajstić information content (AvgIpc) is 2.51. The number of rotatable bonds is 6. The standard InChI is InChI=1S/C17H19ClN2O/c1-13(15-8-5-9-16(18)10-15)19-12-17(21)20-11-14-6-3-2-4-7-14/h2-10,13,19H,11-12H2,1H3,(H,20,21). The van der Waals surface area contributed by atoms with E-state index in [9.17, 15) is 4.79 Å². The summed E-state index contributed by atoms with van der Waals surface area (Å²) in [6.07, 6.45) is 0. The van der Waals surface area contributed by atoms with Gasteiger partial charge in [0.1, 0.15) is 0 Å². The number of benzene rings is 2. The Hall–Kier alpha value is -1.84. The molecule has 0 aliphatic carbocycles. The molecule has 2 aromatic rings. The molecule has 1 amide bonds. The zero-order chi connectivity index (χ0) is 15.1. The largest absolute Gasteiger partial charge is 0.351 e. The molecule has 110 valence electrons. The van der Waals surface area contributed by atoms with Crippen LogP contribution in [0.15, 0.2) is 54.6 Å². The SMILES string of the molecule is CC(NCC(=O)NCc1ccccc1)c1cccc(Cl)c1. The molecule has 1 atom stereocenters. The van der Waals surface area contributed by atoms with Crippen LogP contribution in [-0.2, 0) is 11.3 Å². The van der Waals surface area contributed by atoms with E-state index in [0.29, 0.717) is 11.6 Å². The highest BCUT2D eigenvalue weighted by Crippen LogP contribution is 2.16. The lowest BCUT2D eigenvalue weighted by Crippen LogP contribution is -2.34. The zero-order valence-corrected chi connectivity index (χ0v) is 12.7. The molecule has 0 saturated carbocycles. The first-order valence-corrected chi connectivity index (χ1v) is 7.32. The van der Waals surface area contributed by atoms with Gasteiger partial charge in [0.25, 0.3) is 0 Å². The third kappa shape index (κ3) is 5.21. The molecular formula is C17H19ClN2O. The minimum atomic E-state index is -0.0206. The quantitative estimate of drug-likeness (QED) is 0.859. The maximum absolute atomic E-state index is 11.8. The van der Waals surface area contributed by atoms with E-state index in [1.807, 2.05) is 61.5 Å². The highest BCUT2D eigenvalue weighted by Gasteiger charge is 2.07. The lowest BCUT2D eigenvalue weighted by atomic mass is 10.1. The molecule has 2 aromatic carbocycles. The van der Waals surface area contributed by atoms with Gasteiger partial charge >= 0.3 is 0 Å². The Morgan fingerprint density at radius 2 is 1.90 bits per heavy atom. The minimum absolute atomic E-state index is 0.0206. The molecule has 0 aliphatic rings. The van der Waals surface area contributed by atoms with Crippen molar-refractivity contribution < 1.29 is 4.79 Å². The molecule has 0 saturated heterocycles. The molecule has 0 radical (unpaired) electrons. The van der Waals surface area contributed by atoms with E-state index in [1.165, 1.54) is 0 Å². The van der Waals surface area contributed by atoms with E-state index in [1.54, 1.807) is 0 Å². The molecule has 0 fully saturated rings. The second kappa shape index (κ2) is 7.81. The summed E-state index contributed by atoms with van der Waals surface area (Å²) in [5.74, 6) is -0.0206. The summed E-state index contributed by atoms with van der Waals surface area (Å²) < 4.78 is 0. The van der Waals surface area contributed by atoms with Crippen molar-refractivity contribution in [1.82, 2.24) is 10.6 Å². The number of halogens is 1. The van der Waals surface area contributed by atoms with Crippen LogP contribution in [-0.4, -0.2) is 12.5 Å². The van der Waals surface area contributed by atoms with Crippen molar-refractivity contribution in [2.45, 2.75) is 19.5 Å². The number of amides is 1. The van der Waals surface area contributed by atoms with E-state index < -0.39 is 0 Å². The fraction of sp³-hybridized carbons (Fsp3) is 0.235. The van der Waals surface area contributed by atoms with Crippen LogP contribution in [0.5, 0.6) is 0 Å². The Kier molecular flexibility index (Phi) is 5.78. The summed E-state index contributed by atoms with van der Waals surface area (Å²) in [6, 6.07) is 17.6. The lowest BCUT2D eigenvalue weighted by Gasteiger charge is -2.14. The van der Waals surface area contributed by atoms with Crippen LogP contribution < -0.4 is 10.6 Å². The van der Waals surface area contributed by atoms with Crippen LogP contribution in [0.4, 0.5) is 0 Å². The van der Waals surface area contributed by atoms with Gasteiger partial charge in [-0.1, -0.05) is 54.1 Å². The van der Waals surface area contributed by atoms with E-state index >= 15 is 0 Å². The van der Waals surface area contributed by atoms with Crippen LogP contribution in [0.2, 0.25) is 5.02 Å². The molecule has 2 N–H and O–H groups in total. The molecule has 3 nitrogen and oxygen atoms in total. The Bertz CT molecular complexity index is 586. The van der Waals surface area contributed by atoms with Crippen molar-refractivity contribution in [3.63, 3.8) is 0 Å². The highest BCUT2D eigenvalue weighted by atomic mass is 35.5. The molecule has 0 aromatic heterocycles. The zero-order valence-electron chi connectivity index (χ0n) is 12.0. The molecule has 21 heavy (non-hydrogen) atoms. The van der Waals surface area contributed by atoms with Crippen molar-refractivity contribution in [3.05, 3.63) is 70.7 Å². The molecular weight excluding hydrogens is 284 g/mol. The normalized spacial score (nSPS) is 11.9. The molecule has 0 heterocycles. The van der Waals surface area contributed by atoms with Crippen molar-refractivity contribution in [3.8, 4) is 0 Å². The van der Waals surface area contributed by atoms with Crippen molar-refractivity contribution in [1.29, 1.82) is 0 Å². The van der Waals surface area contributed by atoms with Crippen LogP contribution in [0.3, 0.4) is 0 Å². The predicted molar refractivity (Wildman–Crippen MR) is 86.2 cm³/mol. The first-order chi connectivity index (χ1) is 10.1. The molecule has 0 aliphatic heterocycles. The van der Waals surface area contributed by atoms with Gasteiger partial charge < -0.3 is 10.6 Å². The lowest BCUT2D eigenvalue weighted by molar-refractivity contribution is -0.120. The predicted octanol–water partition coefficient (Wildman–Crippen LogP) is 3.31. The van der Waals surface area contributed by atoms with Crippen LogP contribution >= 0.6 is 11.6 Å². The van der Waals surface area contributed by atoms with Crippen molar-refractivity contribution in [2.75, 3.05) is 6.54 Å². The molecule has 2 rings (SSSR count). The maximum Gasteiger partial charge on any atom is 0.234 e. The van der Waals surface area contributed by atoms with Crippen LogP contribution in [0, 0.1) is 0 Å². The summed E-state index contributed by atoms with van der Waals surface area (Å²) in [5, 5.41) is 6.78. The summed E-state index contributed by atoms with van der Waals surface area (Å²) in [6.45, 7) is 2.84.